The predicted octanol–water partition coefficient (Wildman–Crippen LogP) is 5.49. The maximum Gasteiger partial charge on any atom is 0.264 e. The molecular weight excluding hydrogens is 464 g/mol. The van der Waals surface area contributed by atoms with Gasteiger partial charge in [-0.1, -0.05) is 23.8 Å². The molecule has 1 amide bonds. The molecule has 0 unspecified atom stereocenters. The van der Waals surface area contributed by atoms with Gasteiger partial charge in [-0.3, -0.25) is 4.79 Å². The van der Waals surface area contributed by atoms with Crippen LogP contribution in [-0.2, 0) is 11.4 Å². The highest BCUT2D eigenvalue weighted by Crippen LogP contribution is 2.33. The molecule has 1 saturated heterocycles. The van der Waals surface area contributed by atoms with Gasteiger partial charge in [-0.25, -0.2) is 4.99 Å². The minimum atomic E-state index is -0.190. The van der Waals surface area contributed by atoms with Crippen LogP contribution in [0.2, 0.25) is 0 Å². The number of ether oxygens (including phenoxy) is 4. The number of nitrogens with one attached hydrogen (secondary N) is 1. The fourth-order valence-corrected chi connectivity index (χ4v) is 4.25. The highest BCUT2D eigenvalue weighted by atomic mass is 32.2. The van der Waals surface area contributed by atoms with Crippen molar-refractivity contribution in [2.45, 2.75) is 13.5 Å². The maximum absolute atomic E-state index is 12.5. The Bertz CT molecular complexity index is 1290. The fraction of sp³-hybridized carbons (Fsp3) is 0.185. The second-order valence-electron chi connectivity index (χ2n) is 7.69. The lowest BCUT2D eigenvalue weighted by Crippen LogP contribution is -2.19. The van der Waals surface area contributed by atoms with Gasteiger partial charge in [0.2, 0.25) is 0 Å². The van der Waals surface area contributed by atoms with Crippen LogP contribution in [-0.4, -0.2) is 32.4 Å². The van der Waals surface area contributed by atoms with Crippen LogP contribution in [0.1, 0.15) is 16.7 Å². The van der Waals surface area contributed by atoms with Gasteiger partial charge >= 0.3 is 0 Å². The molecule has 0 bridgehead atoms. The number of methoxy groups -OCH3 is 3. The van der Waals surface area contributed by atoms with Gasteiger partial charge in [-0.15, -0.1) is 0 Å². The van der Waals surface area contributed by atoms with Crippen molar-refractivity contribution in [1.29, 1.82) is 0 Å². The Morgan fingerprint density at radius 2 is 1.63 bits per heavy atom. The van der Waals surface area contributed by atoms with Gasteiger partial charge in [0, 0.05) is 5.56 Å². The summed E-state index contributed by atoms with van der Waals surface area (Å²) in [6.45, 7) is 2.29. The molecule has 1 fully saturated rings. The van der Waals surface area contributed by atoms with E-state index in [0.717, 1.165) is 28.1 Å². The van der Waals surface area contributed by atoms with Gasteiger partial charge in [0.15, 0.2) is 16.7 Å². The van der Waals surface area contributed by atoms with Crippen LogP contribution >= 0.6 is 11.8 Å². The quantitative estimate of drug-likeness (QED) is 0.421. The molecule has 1 aliphatic heterocycles. The van der Waals surface area contributed by atoms with Gasteiger partial charge in [-0.2, -0.15) is 0 Å². The van der Waals surface area contributed by atoms with Crippen LogP contribution in [0.3, 0.4) is 0 Å². The van der Waals surface area contributed by atoms with Gasteiger partial charge in [0.25, 0.3) is 5.91 Å². The molecule has 180 valence electrons. The Kier molecular flexibility index (Phi) is 7.62. The van der Waals surface area contributed by atoms with Crippen LogP contribution in [0.4, 0.5) is 5.69 Å². The third kappa shape index (κ3) is 5.96. The SMILES string of the molecule is COc1ccc(OC)c(COc2ccc(/C=C3\SC(=Nc4ccc(C)cc4)NC3=O)cc2OC)c1. The molecule has 35 heavy (non-hydrogen) atoms. The first-order valence-corrected chi connectivity index (χ1v) is 11.7. The summed E-state index contributed by atoms with van der Waals surface area (Å²) in [6.07, 6.45) is 1.80. The average molecular weight is 491 g/mol. The van der Waals surface area contributed by atoms with Crippen molar-refractivity contribution < 1.29 is 23.7 Å². The third-order valence-corrected chi connectivity index (χ3v) is 6.18. The van der Waals surface area contributed by atoms with Crippen molar-refractivity contribution in [3.63, 3.8) is 0 Å². The Balaban J connectivity index is 1.49. The van der Waals surface area contributed by atoms with E-state index >= 15 is 0 Å². The summed E-state index contributed by atoms with van der Waals surface area (Å²) in [5.74, 6) is 2.36. The van der Waals surface area contributed by atoms with Crippen LogP contribution in [0.15, 0.2) is 70.6 Å². The van der Waals surface area contributed by atoms with E-state index in [4.69, 9.17) is 18.9 Å². The molecule has 3 aromatic rings. The predicted molar refractivity (Wildman–Crippen MR) is 139 cm³/mol. The minimum absolute atomic E-state index is 0.190. The number of aliphatic imine (C=N–C) groups is 1. The summed E-state index contributed by atoms with van der Waals surface area (Å²) in [6, 6.07) is 18.9. The number of amidine groups is 1. The lowest BCUT2D eigenvalue weighted by atomic mass is 10.1. The standard InChI is InChI=1S/C27H26N2O5S/c1-17-5-8-20(9-6-17)28-27-29-26(30)25(35-27)14-18-7-11-23(24(13-18)33-4)34-16-19-15-21(31-2)10-12-22(19)32-3/h5-15H,16H2,1-4H3,(H,28,29,30)/b25-14-. The minimum Gasteiger partial charge on any atom is -0.497 e. The number of carbonyl (C=O) groups excluding carboxylic acids is 1. The highest BCUT2D eigenvalue weighted by Gasteiger charge is 2.24. The van der Waals surface area contributed by atoms with E-state index in [2.05, 4.69) is 10.3 Å². The van der Waals surface area contributed by atoms with E-state index < -0.39 is 0 Å². The zero-order valence-corrected chi connectivity index (χ0v) is 20.8. The molecule has 1 N–H and O–H groups in total. The highest BCUT2D eigenvalue weighted by molar-refractivity contribution is 8.18. The number of amides is 1. The first-order valence-electron chi connectivity index (χ1n) is 10.9. The summed E-state index contributed by atoms with van der Waals surface area (Å²) < 4.78 is 22.3. The number of carbonyl (C=O) groups is 1. The molecule has 0 spiro atoms. The number of aryl methyl sites for hydroxylation is 1. The summed E-state index contributed by atoms with van der Waals surface area (Å²) in [7, 11) is 4.81. The monoisotopic (exact) mass is 490 g/mol. The number of rotatable bonds is 8. The Morgan fingerprint density at radius 3 is 2.34 bits per heavy atom. The van der Waals surface area contributed by atoms with Gasteiger partial charge in [0.05, 0.1) is 31.9 Å². The molecule has 1 aliphatic rings. The van der Waals surface area contributed by atoms with E-state index in [9.17, 15) is 4.79 Å². The summed E-state index contributed by atoms with van der Waals surface area (Å²) in [5, 5.41) is 3.36. The number of nitrogens with zero attached hydrogens (tertiary/aromatic N) is 1. The Labute approximate surface area is 208 Å². The molecule has 3 aromatic carbocycles. The van der Waals surface area contributed by atoms with Crippen LogP contribution in [0, 0.1) is 6.92 Å². The van der Waals surface area contributed by atoms with Gasteiger partial charge in [-0.05, 0) is 72.8 Å². The fourth-order valence-electron chi connectivity index (χ4n) is 3.41. The summed E-state index contributed by atoms with van der Waals surface area (Å²) in [4.78, 5) is 17.5. The average Bonchev–Trinajstić information content (AvgIpc) is 3.22. The number of hydrogen-bond acceptors (Lipinski definition) is 7. The van der Waals surface area contributed by atoms with E-state index in [1.165, 1.54) is 11.8 Å². The molecule has 0 aromatic heterocycles. The smallest absolute Gasteiger partial charge is 0.264 e. The zero-order valence-electron chi connectivity index (χ0n) is 20.0. The number of benzene rings is 3. The van der Waals surface area contributed by atoms with Crippen molar-refractivity contribution >= 4 is 34.6 Å². The van der Waals surface area contributed by atoms with Crippen molar-refractivity contribution in [2.75, 3.05) is 21.3 Å². The van der Waals surface area contributed by atoms with E-state index in [1.54, 1.807) is 27.4 Å². The summed E-state index contributed by atoms with van der Waals surface area (Å²) >= 11 is 1.30. The Morgan fingerprint density at radius 1 is 0.886 bits per heavy atom. The molecule has 1 heterocycles. The van der Waals surface area contributed by atoms with Crippen LogP contribution in [0.25, 0.3) is 6.08 Å². The molecule has 8 heteroatoms. The number of thioether (sulfide) groups is 1. The van der Waals surface area contributed by atoms with Crippen LogP contribution in [0.5, 0.6) is 23.0 Å². The molecule has 4 rings (SSSR count). The lowest BCUT2D eigenvalue weighted by molar-refractivity contribution is -0.115. The summed E-state index contributed by atoms with van der Waals surface area (Å²) in [5.41, 5.74) is 3.60. The zero-order chi connectivity index (χ0) is 24.8. The normalized spacial score (nSPS) is 15.3. The maximum atomic E-state index is 12.5. The second kappa shape index (κ2) is 11.0. The second-order valence-corrected chi connectivity index (χ2v) is 8.72. The number of hydrogen-bond donors (Lipinski definition) is 1. The van der Waals surface area contributed by atoms with Gasteiger partial charge in [0.1, 0.15) is 18.1 Å². The molecule has 0 aliphatic carbocycles. The molecule has 7 nitrogen and oxygen atoms in total. The van der Waals surface area contributed by atoms with E-state index in [1.807, 2.05) is 67.6 Å². The molecular formula is C27H26N2O5S. The first kappa shape index (κ1) is 24.2. The third-order valence-electron chi connectivity index (χ3n) is 5.27. The van der Waals surface area contributed by atoms with E-state index in [-0.39, 0.29) is 12.5 Å². The largest absolute Gasteiger partial charge is 0.497 e. The van der Waals surface area contributed by atoms with Crippen molar-refractivity contribution in [3.8, 4) is 23.0 Å². The van der Waals surface area contributed by atoms with Crippen LogP contribution < -0.4 is 24.3 Å². The van der Waals surface area contributed by atoms with Gasteiger partial charge < -0.3 is 24.3 Å². The van der Waals surface area contributed by atoms with Crippen molar-refractivity contribution in [3.05, 3.63) is 82.3 Å². The Hall–Kier alpha value is -3.91. The lowest BCUT2D eigenvalue weighted by Gasteiger charge is -2.14. The topological polar surface area (TPSA) is 78.4 Å². The first-order chi connectivity index (χ1) is 17.0. The van der Waals surface area contributed by atoms with Crippen molar-refractivity contribution in [2.24, 2.45) is 4.99 Å². The molecule has 0 atom stereocenters. The van der Waals surface area contributed by atoms with Crippen molar-refractivity contribution in [1.82, 2.24) is 5.32 Å². The molecule has 0 saturated carbocycles. The van der Waals surface area contributed by atoms with E-state index in [0.29, 0.717) is 27.3 Å². The molecule has 0 radical (unpaired) electrons.